The quantitative estimate of drug-likeness (QED) is 0.461. The lowest BCUT2D eigenvalue weighted by molar-refractivity contribution is -0.113. The number of H-pyrrole nitrogens is 1. The number of nitrogens with two attached hydrogens (primary N) is 1. The van der Waals surface area contributed by atoms with Gasteiger partial charge in [0.2, 0.25) is 5.91 Å². The molecule has 2 amide bonds. The van der Waals surface area contributed by atoms with Crippen molar-refractivity contribution in [2.75, 3.05) is 11.1 Å². The summed E-state index contributed by atoms with van der Waals surface area (Å²) in [4.78, 5) is 37.5. The molecular weight excluding hydrogens is 422 g/mol. The number of aryl methyl sites for hydroxylation is 2. The van der Waals surface area contributed by atoms with E-state index >= 15 is 0 Å². The number of hydrogen-bond donors (Lipinski definition) is 3. The van der Waals surface area contributed by atoms with Crippen LogP contribution in [0.4, 0.5) is 5.00 Å². The maximum Gasteiger partial charge on any atom is 0.343 e. The van der Waals surface area contributed by atoms with Gasteiger partial charge < -0.3 is 11.1 Å². The Labute approximate surface area is 180 Å². The molecule has 0 atom stereocenters. The van der Waals surface area contributed by atoms with Gasteiger partial charge in [0.15, 0.2) is 5.16 Å². The fraction of sp³-hybridized carbons (Fsp3) is 0.300. The highest BCUT2D eigenvalue weighted by Crippen LogP contribution is 2.38. The Morgan fingerprint density at radius 2 is 2.07 bits per heavy atom. The summed E-state index contributed by atoms with van der Waals surface area (Å²) < 4.78 is 1.53. The number of amides is 2. The van der Waals surface area contributed by atoms with Crippen LogP contribution in [0.5, 0.6) is 0 Å². The van der Waals surface area contributed by atoms with Gasteiger partial charge in [-0.2, -0.15) is 0 Å². The predicted molar refractivity (Wildman–Crippen MR) is 117 cm³/mol. The molecule has 10 heteroatoms. The smallest absolute Gasteiger partial charge is 0.343 e. The maximum atomic E-state index is 12.5. The number of primary amides is 1. The van der Waals surface area contributed by atoms with Crippen LogP contribution in [0, 0.1) is 0 Å². The SMILES string of the molecule is NC(=O)c1c(NC(=O)CSc2n[nH]c(=O)n2CCc2ccccc2)sc2c1CCC2. The van der Waals surface area contributed by atoms with Crippen molar-refractivity contribution in [3.05, 3.63) is 62.4 Å². The zero-order chi connectivity index (χ0) is 21.1. The van der Waals surface area contributed by atoms with Crippen molar-refractivity contribution in [2.24, 2.45) is 5.73 Å². The molecule has 4 rings (SSSR count). The molecule has 0 unspecified atom stereocenters. The summed E-state index contributed by atoms with van der Waals surface area (Å²) >= 11 is 2.59. The normalized spacial score (nSPS) is 12.7. The van der Waals surface area contributed by atoms with Crippen LogP contribution in [0.15, 0.2) is 40.3 Å². The summed E-state index contributed by atoms with van der Waals surface area (Å²) in [5.41, 5.74) is 7.75. The minimum Gasteiger partial charge on any atom is -0.365 e. The number of carbonyl (C=O) groups is 2. The first-order valence-corrected chi connectivity index (χ1v) is 11.4. The number of rotatable bonds is 8. The Bertz CT molecular complexity index is 1130. The molecule has 1 aliphatic carbocycles. The molecule has 30 heavy (non-hydrogen) atoms. The van der Waals surface area contributed by atoms with E-state index < -0.39 is 5.91 Å². The van der Waals surface area contributed by atoms with Gasteiger partial charge in [0, 0.05) is 11.4 Å². The number of fused-ring (bicyclic) bond motifs is 1. The highest BCUT2D eigenvalue weighted by atomic mass is 32.2. The Hall–Kier alpha value is -2.85. The summed E-state index contributed by atoms with van der Waals surface area (Å²) in [6.45, 7) is 0.465. The van der Waals surface area contributed by atoms with E-state index in [2.05, 4.69) is 15.5 Å². The third-order valence-corrected chi connectivity index (χ3v) is 7.13. The Balaban J connectivity index is 1.39. The molecule has 8 nitrogen and oxygen atoms in total. The number of anilines is 1. The Morgan fingerprint density at radius 1 is 1.27 bits per heavy atom. The fourth-order valence-corrected chi connectivity index (χ4v) is 5.63. The van der Waals surface area contributed by atoms with E-state index in [9.17, 15) is 14.4 Å². The monoisotopic (exact) mass is 443 g/mol. The van der Waals surface area contributed by atoms with Crippen molar-refractivity contribution in [3.63, 3.8) is 0 Å². The molecule has 0 aliphatic heterocycles. The second kappa shape index (κ2) is 8.88. The summed E-state index contributed by atoms with van der Waals surface area (Å²) in [6.07, 6.45) is 3.41. The zero-order valence-electron chi connectivity index (χ0n) is 16.1. The third kappa shape index (κ3) is 4.34. The Kier molecular flexibility index (Phi) is 6.05. The summed E-state index contributed by atoms with van der Waals surface area (Å²) in [6, 6.07) is 9.85. The molecule has 0 saturated carbocycles. The number of benzene rings is 1. The average molecular weight is 444 g/mol. The van der Waals surface area contributed by atoms with Crippen LogP contribution in [0.25, 0.3) is 0 Å². The highest BCUT2D eigenvalue weighted by Gasteiger charge is 2.26. The largest absolute Gasteiger partial charge is 0.365 e. The van der Waals surface area contributed by atoms with E-state index in [1.165, 1.54) is 27.7 Å². The number of hydrogen-bond acceptors (Lipinski definition) is 6. The van der Waals surface area contributed by atoms with Crippen LogP contribution in [-0.2, 0) is 30.6 Å². The molecule has 156 valence electrons. The number of aromatic nitrogens is 3. The van der Waals surface area contributed by atoms with Crippen LogP contribution in [0.1, 0.15) is 32.8 Å². The summed E-state index contributed by atoms with van der Waals surface area (Å²) in [5, 5.41) is 10.2. The average Bonchev–Trinajstić information content (AvgIpc) is 3.40. The van der Waals surface area contributed by atoms with Crippen molar-refractivity contribution in [2.45, 2.75) is 37.4 Å². The molecule has 0 fully saturated rings. The molecule has 0 saturated heterocycles. The molecule has 0 radical (unpaired) electrons. The number of thioether (sulfide) groups is 1. The first kappa shape index (κ1) is 20.4. The van der Waals surface area contributed by atoms with E-state index in [0.29, 0.717) is 28.7 Å². The van der Waals surface area contributed by atoms with Gasteiger partial charge in [-0.05, 0) is 36.8 Å². The van der Waals surface area contributed by atoms with Gasteiger partial charge in [-0.25, -0.2) is 9.89 Å². The lowest BCUT2D eigenvalue weighted by Gasteiger charge is -2.07. The van der Waals surface area contributed by atoms with Gasteiger partial charge in [0.05, 0.1) is 11.3 Å². The van der Waals surface area contributed by atoms with Crippen LogP contribution < -0.4 is 16.7 Å². The molecule has 2 aromatic heterocycles. The number of thiophene rings is 1. The number of nitrogens with zero attached hydrogens (tertiary/aromatic N) is 2. The van der Waals surface area contributed by atoms with Crippen LogP contribution >= 0.6 is 23.1 Å². The van der Waals surface area contributed by atoms with E-state index in [0.717, 1.165) is 35.3 Å². The first-order chi connectivity index (χ1) is 14.5. The van der Waals surface area contributed by atoms with E-state index in [4.69, 9.17) is 5.73 Å². The van der Waals surface area contributed by atoms with Crippen molar-refractivity contribution in [1.82, 2.24) is 14.8 Å². The zero-order valence-corrected chi connectivity index (χ0v) is 17.8. The maximum absolute atomic E-state index is 12.5. The van der Waals surface area contributed by atoms with Gasteiger partial charge in [0.1, 0.15) is 5.00 Å². The minimum atomic E-state index is -0.514. The number of aromatic amines is 1. The molecule has 0 bridgehead atoms. The first-order valence-electron chi connectivity index (χ1n) is 9.59. The highest BCUT2D eigenvalue weighted by molar-refractivity contribution is 7.99. The summed E-state index contributed by atoms with van der Waals surface area (Å²) in [5.74, 6) is -0.719. The topological polar surface area (TPSA) is 123 Å². The molecule has 2 heterocycles. The standard InChI is InChI=1S/C20H21N5O3S2/c21-17(27)16-13-7-4-8-14(13)30-18(16)22-15(26)11-29-20-24-23-19(28)25(20)10-9-12-5-2-1-3-6-12/h1-3,5-6H,4,7-11H2,(H2,21,27)(H,22,26)(H,23,28). The van der Waals surface area contributed by atoms with Crippen LogP contribution in [0.3, 0.4) is 0 Å². The fourth-order valence-electron chi connectivity index (χ4n) is 3.54. The van der Waals surface area contributed by atoms with Gasteiger partial charge in [-0.1, -0.05) is 42.1 Å². The van der Waals surface area contributed by atoms with Crippen molar-refractivity contribution in [1.29, 1.82) is 0 Å². The molecule has 0 spiro atoms. The Morgan fingerprint density at radius 3 is 2.83 bits per heavy atom. The van der Waals surface area contributed by atoms with Crippen molar-refractivity contribution in [3.8, 4) is 0 Å². The number of carbonyl (C=O) groups excluding carboxylic acids is 2. The molecule has 1 aliphatic rings. The minimum absolute atomic E-state index is 0.0659. The van der Waals surface area contributed by atoms with Gasteiger partial charge >= 0.3 is 5.69 Å². The van der Waals surface area contributed by atoms with Crippen molar-refractivity contribution < 1.29 is 9.59 Å². The van der Waals surface area contributed by atoms with E-state index in [1.54, 1.807) is 0 Å². The molecule has 1 aromatic carbocycles. The van der Waals surface area contributed by atoms with Crippen LogP contribution in [-0.4, -0.2) is 32.3 Å². The summed E-state index contributed by atoms with van der Waals surface area (Å²) in [7, 11) is 0. The van der Waals surface area contributed by atoms with Crippen LogP contribution in [0.2, 0.25) is 0 Å². The van der Waals surface area contributed by atoms with E-state index in [1.807, 2.05) is 30.3 Å². The second-order valence-corrected chi connectivity index (χ2v) is 9.01. The van der Waals surface area contributed by atoms with E-state index in [-0.39, 0.29) is 17.3 Å². The third-order valence-electron chi connectivity index (χ3n) is 4.94. The molecule has 3 aromatic rings. The predicted octanol–water partition coefficient (Wildman–Crippen LogP) is 2.19. The lowest BCUT2D eigenvalue weighted by atomic mass is 10.1. The second-order valence-electron chi connectivity index (χ2n) is 6.96. The van der Waals surface area contributed by atoms with Gasteiger partial charge in [-0.15, -0.1) is 16.4 Å². The van der Waals surface area contributed by atoms with Gasteiger partial charge in [0.25, 0.3) is 5.91 Å². The van der Waals surface area contributed by atoms with Gasteiger partial charge in [-0.3, -0.25) is 14.2 Å². The molecule has 4 N–H and O–H groups in total. The molecular formula is C20H21N5O3S2. The lowest BCUT2D eigenvalue weighted by Crippen LogP contribution is -2.20. The number of nitrogens with one attached hydrogen (secondary N) is 2. The van der Waals surface area contributed by atoms with Crippen molar-refractivity contribution >= 4 is 39.9 Å².